The van der Waals surface area contributed by atoms with E-state index in [-0.39, 0.29) is 11.9 Å². The molecule has 110 valence electrons. The number of amidine groups is 1. The fourth-order valence-corrected chi connectivity index (χ4v) is 3.27. The van der Waals surface area contributed by atoms with Gasteiger partial charge in [0.05, 0.1) is 18.8 Å². The van der Waals surface area contributed by atoms with E-state index in [9.17, 15) is 0 Å². The van der Waals surface area contributed by atoms with Crippen molar-refractivity contribution in [1.29, 1.82) is 0 Å². The maximum absolute atomic E-state index is 9.08. The molecule has 0 spiro atoms. The Kier molecular flexibility index (Phi) is 5.14. The zero-order valence-electron chi connectivity index (χ0n) is 11.9. The van der Waals surface area contributed by atoms with Crippen molar-refractivity contribution in [3.63, 3.8) is 0 Å². The number of hydrogen-bond acceptors (Lipinski definition) is 5. The van der Waals surface area contributed by atoms with Gasteiger partial charge in [0, 0.05) is 23.2 Å². The van der Waals surface area contributed by atoms with Crippen molar-refractivity contribution in [3.8, 4) is 0 Å². The van der Waals surface area contributed by atoms with E-state index in [0.717, 1.165) is 28.4 Å². The Bertz CT molecular complexity index is 493. The molecule has 20 heavy (non-hydrogen) atoms. The van der Waals surface area contributed by atoms with Gasteiger partial charge in [0.25, 0.3) is 0 Å². The molecule has 0 radical (unpaired) electrons. The van der Waals surface area contributed by atoms with Gasteiger partial charge < -0.3 is 20.6 Å². The van der Waals surface area contributed by atoms with Crippen molar-refractivity contribution < 1.29 is 9.94 Å². The molecule has 5 nitrogen and oxygen atoms in total. The second-order valence-electron chi connectivity index (χ2n) is 4.69. The quantitative estimate of drug-likeness (QED) is 0.293. The number of rotatable bonds is 4. The molecule has 6 heteroatoms. The Morgan fingerprint density at radius 1 is 1.60 bits per heavy atom. The van der Waals surface area contributed by atoms with E-state index in [2.05, 4.69) is 23.9 Å². The highest BCUT2D eigenvalue weighted by atomic mass is 32.2. The highest BCUT2D eigenvalue weighted by Gasteiger charge is 2.24. The first-order valence-corrected chi connectivity index (χ1v) is 7.75. The summed E-state index contributed by atoms with van der Waals surface area (Å²) in [6, 6.07) is 6.32. The maximum atomic E-state index is 9.08. The lowest BCUT2D eigenvalue weighted by atomic mass is 10.1. The number of ether oxygens (including phenoxy) is 1. The van der Waals surface area contributed by atoms with Crippen molar-refractivity contribution in [2.75, 3.05) is 30.4 Å². The van der Waals surface area contributed by atoms with Crippen molar-refractivity contribution in [1.82, 2.24) is 0 Å². The number of nitrogens with two attached hydrogens (primary N) is 1. The number of hydrogen-bond donors (Lipinski definition) is 2. The molecule has 0 aromatic heterocycles. The molecule has 0 amide bonds. The Balaban J connectivity index is 2.48. The second kappa shape index (κ2) is 6.85. The summed E-state index contributed by atoms with van der Waals surface area (Å²) in [5.74, 6) is 1.10. The predicted molar refractivity (Wildman–Crippen MR) is 83.0 cm³/mol. The zero-order valence-corrected chi connectivity index (χ0v) is 12.7. The Hall–Kier alpha value is -1.40. The van der Waals surface area contributed by atoms with Gasteiger partial charge in [0.1, 0.15) is 0 Å². The summed E-state index contributed by atoms with van der Waals surface area (Å²) < 4.78 is 5.48. The summed E-state index contributed by atoms with van der Waals surface area (Å²) in [6.07, 6.45) is 0. The van der Waals surface area contributed by atoms with E-state index in [1.165, 1.54) is 0 Å². The predicted octanol–water partition coefficient (Wildman–Crippen LogP) is 2.12. The molecule has 1 aliphatic rings. The molecule has 1 fully saturated rings. The van der Waals surface area contributed by atoms with Gasteiger partial charge in [-0.1, -0.05) is 18.1 Å². The average molecular weight is 295 g/mol. The lowest BCUT2D eigenvalue weighted by Crippen LogP contribution is -2.44. The van der Waals surface area contributed by atoms with Crippen molar-refractivity contribution in [2.45, 2.75) is 24.8 Å². The van der Waals surface area contributed by atoms with E-state index in [0.29, 0.717) is 13.2 Å². The number of morpholine rings is 1. The van der Waals surface area contributed by atoms with Crippen LogP contribution in [0.1, 0.15) is 19.4 Å². The van der Waals surface area contributed by atoms with Crippen LogP contribution in [0.5, 0.6) is 0 Å². The lowest BCUT2D eigenvalue weighted by molar-refractivity contribution is 0.0989. The van der Waals surface area contributed by atoms with Gasteiger partial charge in [-0.05, 0) is 24.8 Å². The molecule has 1 aliphatic heterocycles. The molecule has 1 saturated heterocycles. The Labute approximate surface area is 123 Å². The van der Waals surface area contributed by atoms with Crippen LogP contribution in [0.3, 0.4) is 0 Å². The molecule has 0 saturated carbocycles. The van der Waals surface area contributed by atoms with E-state index < -0.39 is 0 Å². The van der Waals surface area contributed by atoms with Gasteiger partial charge in [0.2, 0.25) is 0 Å². The molecular formula is C14H21N3O2S. The van der Waals surface area contributed by atoms with Crippen molar-refractivity contribution in [3.05, 3.63) is 23.8 Å². The number of thioether (sulfide) groups is 1. The Morgan fingerprint density at radius 2 is 2.40 bits per heavy atom. The number of anilines is 1. The third kappa shape index (κ3) is 3.02. The summed E-state index contributed by atoms with van der Waals surface area (Å²) in [5.41, 5.74) is 7.73. The lowest BCUT2D eigenvalue weighted by Gasteiger charge is -2.36. The largest absolute Gasteiger partial charge is 0.409 e. The fraction of sp³-hybridized carbons (Fsp3) is 0.500. The van der Waals surface area contributed by atoms with Gasteiger partial charge in [0.15, 0.2) is 5.84 Å². The van der Waals surface area contributed by atoms with Crippen LogP contribution >= 0.6 is 11.8 Å². The van der Waals surface area contributed by atoms with Gasteiger partial charge in [-0.2, -0.15) is 0 Å². The maximum Gasteiger partial charge on any atom is 0.173 e. The molecule has 1 atom stereocenters. The van der Waals surface area contributed by atoms with Crippen molar-refractivity contribution in [2.24, 2.45) is 10.9 Å². The monoisotopic (exact) mass is 295 g/mol. The van der Waals surface area contributed by atoms with Crippen LogP contribution in [0.15, 0.2) is 28.3 Å². The molecule has 0 bridgehead atoms. The van der Waals surface area contributed by atoms with Crippen LogP contribution in [0.2, 0.25) is 0 Å². The molecule has 1 unspecified atom stereocenters. The van der Waals surface area contributed by atoms with Gasteiger partial charge >= 0.3 is 0 Å². The molecule has 1 aromatic rings. The van der Waals surface area contributed by atoms with E-state index >= 15 is 0 Å². The first-order valence-electron chi connectivity index (χ1n) is 6.77. The second-order valence-corrected chi connectivity index (χ2v) is 5.99. The molecule has 1 heterocycles. The minimum absolute atomic E-state index is 0.162. The van der Waals surface area contributed by atoms with Crippen LogP contribution < -0.4 is 10.6 Å². The van der Waals surface area contributed by atoms with Crippen LogP contribution in [0.4, 0.5) is 5.69 Å². The summed E-state index contributed by atoms with van der Waals surface area (Å²) in [7, 11) is 0. The van der Waals surface area contributed by atoms with Crippen LogP contribution in [-0.2, 0) is 4.74 Å². The minimum atomic E-state index is 0.162. The molecule has 2 rings (SSSR count). The average Bonchev–Trinajstić information content (AvgIpc) is 2.47. The van der Waals surface area contributed by atoms with E-state index in [1.54, 1.807) is 11.8 Å². The van der Waals surface area contributed by atoms with Crippen LogP contribution in [0, 0.1) is 0 Å². The standard InChI is InChI=1S/C14H21N3O2S/c1-3-20-12-6-4-5-11(13(12)14(15)16-18)17-7-8-19-9-10(17)2/h4-6,10,18H,3,7-9H2,1-2H3,(H2,15,16). The minimum Gasteiger partial charge on any atom is -0.409 e. The normalized spacial score (nSPS) is 20.2. The number of nitrogens with zero attached hydrogens (tertiary/aromatic N) is 2. The topological polar surface area (TPSA) is 71.1 Å². The van der Waals surface area contributed by atoms with Crippen LogP contribution in [-0.4, -0.2) is 42.6 Å². The summed E-state index contributed by atoms with van der Waals surface area (Å²) >= 11 is 1.70. The van der Waals surface area contributed by atoms with Gasteiger partial charge in [-0.25, -0.2) is 0 Å². The highest BCUT2D eigenvalue weighted by Crippen LogP contribution is 2.32. The molecule has 3 N–H and O–H groups in total. The SMILES string of the molecule is CCSc1cccc(N2CCOCC2C)c1/C(N)=N/O. The fourth-order valence-electron chi connectivity index (χ4n) is 2.43. The third-order valence-corrected chi connectivity index (χ3v) is 4.28. The highest BCUT2D eigenvalue weighted by molar-refractivity contribution is 7.99. The van der Waals surface area contributed by atoms with Crippen molar-refractivity contribution >= 4 is 23.3 Å². The molecular weight excluding hydrogens is 274 g/mol. The number of benzene rings is 1. The smallest absolute Gasteiger partial charge is 0.173 e. The van der Waals surface area contributed by atoms with E-state index in [4.69, 9.17) is 15.7 Å². The first-order chi connectivity index (χ1) is 9.69. The van der Waals surface area contributed by atoms with E-state index in [1.807, 2.05) is 18.2 Å². The van der Waals surface area contributed by atoms with Gasteiger partial charge in [-0.15, -0.1) is 11.8 Å². The molecule has 0 aliphatic carbocycles. The summed E-state index contributed by atoms with van der Waals surface area (Å²) in [4.78, 5) is 3.30. The first kappa shape index (κ1) is 15.0. The molecule has 1 aromatic carbocycles. The Morgan fingerprint density at radius 3 is 3.05 bits per heavy atom. The van der Waals surface area contributed by atoms with Gasteiger partial charge in [-0.3, -0.25) is 0 Å². The number of oxime groups is 1. The third-order valence-electron chi connectivity index (χ3n) is 3.35. The van der Waals surface area contributed by atoms with Crippen LogP contribution in [0.25, 0.3) is 0 Å². The zero-order chi connectivity index (χ0) is 14.5. The summed E-state index contributed by atoms with van der Waals surface area (Å²) in [5, 5.41) is 12.3. The summed E-state index contributed by atoms with van der Waals surface area (Å²) in [6.45, 7) is 6.42.